The van der Waals surface area contributed by atoms with Gasteiger partial charge in [-0.25, -0.2) is 9.37 Å². The van der Waals surface area contributed by atoms with Gasteiger partial charge in [0.25, 0.3) is 11.7 Å². The van der Waals surface area contributed by atoms with Crippen molar-refractivity contribution in [1.29, 1.82) is 0 Å². The van der Waals surface area contributed by atoms with Crippen molar-refractivity contribution in [2.75, 3.05) is 13.1 Å². The van der Waals surface area contributed by atoms with E-state index in [1.54, 1.807) is 19.1 Å². The summed E-state index contributed by atoms with van der Waals surface area (Å²) in [5.41, 5.74) is 0.734. The first-order valence-corrected chi connectivity index (χ1v) is 8.99. The van der Waals surface area contributed by atoms with Crippen LogP contribution in [0.15, 0.2) is 47.6 Å². The van der Waals surface area contributed by atoms with Crippen molar-refractivity contribution in [1.82, 2.24) is 15.2 Å². The molecule has 2 rings (SSSR count). The van der Waals surface area contributed by atoms with E-state index in [4.69, 9.17) is 0 Å². The molecule has 0 saturated carbocycles. The molecule has 0 saturated heterocycles. The Balaban J connectivity index is 2.00. The van der Waals surface area contributed by atoms with Crippen LogP contribution in [-0.2, 0) is 11.3 Å². The molecule has 0 aliphatic carbocycles. The Morgan fingerprint density at radius 3 is 2.56 bits per heavy atom. The molecular weight excluding hydrogens is 379 g/mol. The lowest BCUT2D eigenvalue weighted by Gasteiger charge is -2.21. The molecule has 0 aliphatic heterocycles. The molecule has 0 unspecified atom stereocenters. The average molecular weight is 397 g/mol. The standard InChI is InChI=1S/C18H18F3N3O2S/c1-2-24(11-15(25)23-10-12-5-7-13(19)8-6-12)17(26)14-4-3-9-22-16(14)27-18(20)21/h3-9,18H,2,10-11H2,1H3,(H,23,25). The zero-order valence-electron chi connectivity index (χ0n) is 14.5. The molecule has 27 heavy (non-hydrogen) atoms. The van der Waals surface area contributed by atoms with Crippen LogP contribution >= 0.6 is 11.8 Å². The minimum Gasteiger partial charge on any atom is -0.350 e. The fourth-order valence-corrected chi connectivity index (χ4v) is 2.83. The van der Waals surface area contributed by atoms with Gasteiger partial charge in [-0.15, -0.1) is 0 Å². The third kappa shape index (κ3) is 6.28. The van der Waals surface area contributed by atoms with Crippen molar-refractivity contribution in [3.8, 4) is 0 Å². The number of likely N-dealkylation sites (N-methyl/N-ethyl adjacent to an activating group) is 1. The second kappa shape index (κ2) is 9.96. The lowest BCUT2D eigenvalue weighted by molar-refractivity contribution is -0.121. The van der Waals surface area contributed by atoms with E-state index in [1.165, 1.54) is 35.4 Å². The number of amides is 2. The van der Waals surface area contributed by atoms with Crippen LogP contribution in [0.3, 0.4) is 0 Å². The monoisotopic (exact) mass is 397 g/mol. The number of alkyl halides is 2. The van der Waals surface area contributed by atoms with E-state index in [2.05, 4.69) is 10.3 Å². The fourth-order valence-electron chi connectivity index (χ4n) is 2.26. The SMILES string of the molecule is CCN(CC(=O)NCc1ccc(F)cc1)C(=O)c1cccnc1SC(F)F. The van der Waals surface area contributed by atoms with Crippen LogP contribution in [-0.4, -0.2) is 40.5 Å². The maximum absolute atomic E-state index is 12.9. The summed E-state index contributed by atoms with van der Waals surface area (Å²) < 4.78 is 38.2. The molecule has 5 nitrogen and oxygen atoms in total. The predicted molar refractivity (Wildman–Crippen MR) is 95.9 cm³/mol. The number of thioether (sulfide) groups is 1. The van der Waals surface area contributed by atoms with Gasteiger partial charge in [0.15, 0.2) is 0 Å². The van der Waals surface area contributed by atoms with Crippen molar-refractivity contribution in [2.24, 2.45) is 0 Å². The van der Waals surface area contributed by atoms with Crippen molar-refractivity contribution in [3.05, 3.63) is 59.5 Å². The van der Waals surface area contributed by atoms with Crippen LogP contribution < -0.4 is 5.32 Å². The fraction of sp³-hybridized carbons (Fsp3) is 0.278. The molecule has 144 valence electrons. The third-order valence-corrected chi connectivity index (χ3v) is 4.34. The van der Waals surface area contributed by atoms with Crippen LogP contribution in [0, 0.1) is 5.82 Å². The van der Waals surface area contributed by atoms with E-state index in [0.29, 0.717) is 5.56 Å². The smallest absolute Gasteiger partial charge is 0.290 e. The van der Waals surface area contributed by atoms with Crippen LogP contribution in [0.1, 0.15) is 22.8 Å². The van der Waals surface area contributed by atoms with Gasteiger partial charge in [-0.05, 0) is 48.5 Å². The Morgan fingerprint density at radius 1 is 1.22 bits per heavy atom. The maximum atomic E-state index is 12.9. The van der Waals surface area contributed by atoms with Gasteiger partial charge in [0.1, 0.15) is 10.8 Å². The lowest BCUT2D eigenvalue weighted by atomic mass is 10.2. The van der Waals surface area contributed by atoms with E-state index >= 15 is 0 Å². The molecule has 0 radical (unpaired) electrons. The number of benzene rings is 1. The van der Waals surface area contributed by atoms with Crippen LogP contribution in [0.25, 0.3) is 0 Å². The first-order chi connectivity index (χ1) is 12.9. The van der Waals surface area contributed by atoms with E-state index < -0.39 is 17.6 Å². The van der Waals surface area contributed by atoms with Gasteiger partial charge in [0.2, 0.25) is 5.91 Å². The van der Waals surface area contributed by atoms with Gasteiger partial charge in [0, 0.05) is 19.3 Å². The molecule has 1 heterocycles. The van der Waals surface area contributed by atoms with E-state index in [0.717, 1.165) is 0 Å². The molecule has 0 fully saturated rings. The van der Waals surface area contributed by atoms with Gasteiger partial charge in [-0.2, -0.15) is 8.78 Å². The van der Waals surface area contributed by atoms with Gasteiger partial charge >= 0.3 is 0 Å². The van der Waals surface area contributed by atoms with Crippen LogP contribution in [0.2, 0.25) is 0 Å². The van der Waals surface area contributed by atoms with Crippen molar-refractivity contribution < 1.29 is 22.8 Å². The summed E-state index contributed by atoms with van der Waals surface area (Å²) in [7, 11) is 0. The summed E-state index contributed by atoms with van der Waals surface area (Å²) in [5, 5.41) is 2.56. The summed E-state index contributed by atoms with van der Waals surface area (Å²) in [4.78, 5) is 29.8. The zero-order valence-corrected chi connectivity index (χ0v) is 15.3. The molecule has 9 heteroatoms. The Hall–Kier alpha value is -2.55. The summed E-state index contributed by atoms with van der Waals surface area (Å²) in [6, 6.07) is 8.54. The molecule has 0 bridgehead atoms. The zero-order chi connectivity index (χ0) is 19.8. The summed E-state index contributed by atoms with van der Waals surface area (Å²) in [6.07, 6.45) is 1.33. The minimum absolute atomic E-state index is 0.0241. The number of nitrogens with one attached hydrogen (secondary N) is 1. The largest absolute Gasteiger partial charge is 0.350 e. The second-order valence-electron chi connectivity index (χ2n) is 5.46. The Bertz CT molecular complexity index is 788. The van der Waals surface area contributed by atoms with Crippen LogP contribution in [0.4, 0.5) is 13.2 Å². The highest BCUT2D eigenvalue weighted by atomic mass is 32.2. The van der Waals surface area contributed by atoms with E-state index in [1.807, 2.05) is 0 Å². The molecule has 2 amide bonds. The number of pyridine rings is 1. The summed E-state index contributed by atoms with van der Waals surface area (Å²) >= 11 is 0.186. The van der Waals surface area contributed by atoms with Gasteiger partial charge in [-0.3, -0.25) is 9.59 Å². The molecule has 1 N–H and O–H groups in total. The molecule has 0 atom stereocenters. The molecule has 1 aromatic carbocycles. The molecule has 0 aliphatic rings. The number of hydrogen-bond acceptors (Lipinski definition) is 4. The highest BCUT2D eigenvalue weighted by Gasteiger charge is 2.22. The number of hydrogen-bond donors (Lipinski definition) is 1. The highest BCUT2D eigenvalue weighted by molar-refractivity contribution is 7.99. The quantitative estimate of drug-likeness (QED) is 0.695. The highest BCUT2D eigenvalue weighted by Crippen LogP contribution is 2.27. The van der Waals surface area contributed by atoms with Crippen molar-refractivity contribution in [2.45, 2.75) is 24.3 Å². The summed E-state index contributed by atoms with van der Waals surface area (Å²) in [5.74, 6) is -4.05. The minimum atomic E-state index is -2.71. The molecule has 1 aromatic heterocycles. The molecular formula is C18H18F3N3O2S. The van der Waals surface area contributed by atoms with E-state index in [-0.39, 0.29) is 47.8 Å². The normalized spacial score (nSPS) is 10.7. The number of halogens is 3. The van der Waals surface area contributed by atoms with Crippen molar-refractivity contribution in [3.63, 3.8) is 0 Å². The third-order valence-electron chi connectivity index (χ3n) is 3.61. The molecule has 0 spiro atoms. The lowest BCUT2D eigenvalue weighted by Crippen LogP contribution is -2.40. The number of carbonyl (C=O) groups excluding carboxylic acids is 2. The molecule has 2 aromatic rings. The topological polar surface area (TPSA) is 62.3 Å². The number of rotatable bonds is 8. The van der Waals surface area contributed by atoms with Gasteiger partial charge in [-0.1, -0.05) is 12.1 Å². The second-order valence-corrected chi connectivity index (χ2v) is 6.44. The van der Waals surface area contributed by atoms with Crippen molar-refractivity contribution >= 4 is 23.6 Å². The first kappa shape index (κ1) is 20.8. The Morgan fingerprint density at radius 2 is 1.93 bits per heavy atom. The number of nitrogens with zero attached hydrogens (tertiary/aromatic N) is 2. The van der Waals surface area contributed by atoms with Crippen LogP contribution in [0.5, 0.6) is 0 Å². The maximum Gasteiger partial charge on any atom is 0.290 e. The number of aromatic nitrogens is 1. The number of carbonyl (C=O) groups is 2. The van der Waals surface area contributed by atoms with Gasteiger partial charge < -0.3 is 10.2 Å². The predicted octanol–water partition coefficient (Wildman–Crippen LogP) is 3.31. The first-order valence-electron chi connectivity index (χ1n) is 8.11. The van der Waals surface area contributed by atoms with E-state index in [9.17, 15) is 22.8 Å². The summed E-state index contributed by atoms with van der Waals surface area (Å²) in [6.45, 7) is 1.85. The van der Waals surface area contributed by atoms with Gasteiger partial charge in [0.05, 0.1) is 12.1 Å². The average Bonchev–Trinajstić information content (AvgIpc) is 2.65. The Kier molecular flexibility index (Phi) is 7.66. The Labute approximate surface area is 159 Å².